The van der Waals surface area contributed by atoms with Gasteiger partial charge in [0.25, 0.3) is 0 Å². The summed E-state index contributed by atoms with van der Waals surface area (Å²) in [5.41, 5.74) is 4.56. The Morgan fingerprint density at radius 1 is 1.03 bits per heavy atom. The SMILES string of the molecule is C.C.CC1CCC(C(=O)C=S(C)(C)=O)CC1.CC1CCC(c2cn3c4c(ncc3n2)CC=C4Br)CC1. The summed E-state index contributed by atoms with van der Waals surface area (Å²) in [7, 11) is -2.01. The molecule has 36 heavy (non-hydrogen) atoms. The van der Waals surface area contributed by atoms with Crippen molar-refractivity contribution in [1.82, 2.24) is 14.4 Å². The van der Waals surface area contributed by atoms with E-state index in [0.717, 1.165) is 59.8 Å². The highest BCUT2D eigenvalue weighted by Gasteiger charge is 2.25. The first-order chi connectivity index (χ1) is 16.1. The quantitative estimate of drug-likeness (QED) is 0.357. The van der Waals surface area contributed by atoms with E-state index < -0.39 is 9.52 Å². The van der Waals surface area contributed by atoms with E-state index in [4.69, 9.17) is 4.98 Å². The minimum absolute atomic E-state index is 0. The summed E-state index contributed by atoms with van der Waals surface area (Å²) in [6, 6.07) is 0. The summed E-state index contributed by atoms with van der Waals surface area (Å²) < 4.78 is 14.8. The van der Waals surface area contributed by atoms with Gasteiger partial charge in [-0.2, -0.15) is 0 Å². The Balaban J connectivity index is 0.000000256. The molecule has 5 rings (SSSR count). The molecule has 0 N–H and O–H groups in total. The van der Waals surface area contributed by atoms with Gasteiger partial charge in [0.05, 0.1) is 23.3 Å². The number of nitrogens with zero attached hydrogens (tertiary/aromatic N) is 3. The van der Waals surface area contributed by atoms with Gasteiger partial charge in [-0.1, -0.05) is 60.5 Å². The van der Waals surface area contributed by atoms with Crippen LogP contribution in [0.5, 0.6) is 0 Å². The van der Waals surface area contributed by atoms with Crippen LogP contribution in [-0.2, 0) is 20.7 Å². The molecule has 7 heteroatoms. The van der Waals surface area contributed by atoms with Crippen molar-refractivity contribution in [2.24, 2.45) is 17.8 Å². The van der Waals surface area contributed by atoms with Crippen LogP contribution in [0.2, 0.25) is 0 Å². The number of ketones is 1. The Labute approximate surface area is 227 Å². The first-order valence-electron chi connectivity index (χ1n) is 12.7. The van der Waals surface area contributed by atoms with Gasteiger partial charge < -0.3 is 0 Å². The fourth-order valence-corrected chi connectivity index (χ4v) is 6.71. The summed E-state index contributed by atoms with van der Waals surface area (Å²) in [5, 5.41) is 1.44. The molecule has 0 amide bonds. The Hall–Kier alpha value is -1.47. The van der Waals surface area contributed by atoms with Crippen molar-refractivity contribution in [2.75, 3.05) is 12.5 Å². The van der Waals surface area contributed by atoms with Crippen LogP contribution in [0, 0.1) is 17.8 Å². The third-order valence-corrected chi connectivity index (χ3v) is 9.05. The average molecular weight is 581 g/mol. The number of hydrogen-bond acceptors (Lipinski definition) is 4. The molecule has 3 aliphatic rings. The minimum Gasteiger partial charge on any atom is -0.296 e. The van der Waals surface area contributed by atoms with Crippen LogP contribution >= 0.6 is 15.9 Å². The predicted octanol–water partition coefficient (Wildman–Crippen LogP) is 7.32. The summed E-state index contributed by atoms with van der Waals surface area (Å²) in [4.78, 5) is 21.1. The fourth-order valence-electron chi connectivity index (χ4n) is 5.38. The van der Waals surface area contributed by atoms with Crippen LogP contribution < -0.4 is 0 Å². The van der Waals surface area contributed by atoms with Crippen molar-refractivity contribution in [1.29, 1.82) is 0 Å². The van der Waals surface area contributed by atoms with Gasteiger partial charge in [-0.3, -0.25) is 18.4 Å². The van der Waals surface area contributed by atoms with E-state index in [2.05, 4.69) is 51.4 Å². The molecule has 0 atom stereocenters. The van der Waals surface area contributed by atoms with Crippen molar-refractivity contribution in [2.45, 2.75) is 92.4 Å². The van der Waals surface area contributed by atoms with Crippen molar-refractivity contribution in [3.63, 3.8) is 0 Å². The number of carbonyl (C=O) groups is 1. The zero-order valence-electron chi connectivity index (χ0n) is 20.9. The highest BCUT2D eigenvalue weighted by Crippen LogP contribution is 2.37. The molecule has 0 aromatic carbocycles. The molecule has 2 saturated carbocycles. The van der Waals surface area contributed by atoms with Crippen LogP contribution in [0.15, 0.2) is 18.5 Å². The molecule has 0 spiro atoms. The molecule has 202 valence electrons. The van der Waals surface area contributed by atoms with E-state index in [9.17, 15) is 9.00 Å². The zero-order valence-corrected chi connectivity index (χ0v) is 23.3. The molecule has 2 aromatic rings. The van der Waals surface area contributed by atoms with E-state index in [1.165, 1.54) is 42.4 Å². The van der Waals surface area contributed by atoms with Crippen LogP contribution in [0.25, 0.3) is 10.1 Å². The standard InChI is InChI=1S/C16H18BrN3.C11H20O2S.2CH4/c1-10-2-4-11(5-3-10)14-9-20-15(19-14)8-18-13-7-6-12(17)16(13)20;1-9-4-6-10(7-5-9)11(12)8-14(2,3)13;;/h6,8-11H,2-5,7H2,1H3;8-10H,4-7H2,1-3H3;2*1H4. The largest absolute Gasteiger partial charge is 0.296 e. The molecule has 0 saturated heterocycles. The van der Waals surface area contributed by atoms with Gasteiger partial charge in [-0.15, -0.1) is 0 Å². The zero-order chi connectivity index (χ0) is 24.5. The third kappa shape index (κ3) is 7.53. The van der Waals surface area contributed by atoms with Crippen LogP contribution in [0.4, 0.5) is 0 Å². The van der Waals surface area contributed by atoms with Crippen molar-refractivity contribution in [3.05, 3.63) is 35.6 Å². The first kappa shape index (κ1) is 30.8. The monoisotopic (exact) mass is 579 g/mol. The Morgan fingerprint density at radius 3 is 2.19 bits per heavy atom. The third-order valence-electron chi connectivity index (χ3n) is 7.56. The number of aromatic nitrogens is 3. The van der Waals surface area contributed by atoms with Crippen molar-refractivity contribution in [3.8, 4) is 0 Å². The fraction of sp³-hybridized carbons (Fsp3) is 0.655. The van der Waals surface area contributed by atoms with Gasteiger partial charge in [0.1, 0.15) is 0 Å². The maximum absolute atomic E-state index is 11.7. The number of Topliss-reactive ketones (excluding diaryl/α,β-unsaturated/α-hetero) is 1. The van der Waals surface area contributed by atoms with Gasteiger partial charge in [0.15, 0.2) is 11.4 Å². The lowest BCUT2D eigenvalue weighted by Crippen LogP contribution is -2.23. The predicted molar refractivity (Wildman–Crippen MR) is 160 cm³/mol. The number of rotatable bonds is 3. The number of halogens is 1. The second-order valence-corrected chi connectivity index (χ2v) is 14.7. The molecule has 2 heterocycles. The molecule has 2 aromatic heterocycles. The Morgan fingerprint density at radius 2 is 1.61 bits per heavy atom. The van der Waals surface area contributed by atoms with E-state index >= 15 is 0 Å². The first-order valence-corrected chi connectivity index (χ1v) is 15.9. The van der Waals surface area contributed by atoms with Gasteiger partial charge in [0, 0.05) is 46.8 Å². The van der Waals surface area contributed by atoms with Gasteiger partial charge in [-0.05, 0) is 63.0 Å². The van der Waals surface area contributed by atoms with E-state index in [1.54, 1.807) is 12.5 Å². The molecular formula is C29H46BrN3O2S. The van der Waals surface area contributed by atoms with E-state index in [0.29, 0.717) is 5.92 Å². The van der Waals surface area contributed by atoms with Gasteiger partial charge in [0.2, 0.25) is 0 Å². The van der Waals surface area contributed by atoms with Gasteiger partial charge >= 0.3 is 0 Å². The van der Waals surface area contributed by atoms with E-state index in [-0.39, 0.29) is 26.6 Å². The number of imidazole rings is 1. The number of allylic oxidation sites excluding steroid dienone is 1. The Bertz CT molecular complexity index is 1180. The summed E-state index contributed by atoms with van der Waals surface area (Å²) >= 11 is 3.64. The Kier molecular flexibility index (Phi) is 11.0. The lowest BCUT2D eigenvalue weighted by molar-refractivity contribution is -0.116. The lowest BCUT2D eigenvalue weighted by Gasteiger charge is -2.24. The van der Waals surface area contributed by atoms with Crippen LogP contribution in [0.3, 0.4) is 0 Å². The molecule has 0 unspecified atom stereocenters. The normalized spacial score (nSPS) is 25.4. The molecular weight excluding hydrogens is 534 g/mol. The molecule has 5 nitrogen and oxygen atoms in total. The lowest BCUT2D eigenvalue weighted by atomic mass is 9.81. The van der Waals surface area contributed by atoms with Crippen LogP contribution in [-0.4, -0.2) is 42.2 Å². The highest BCUT2D eigenvalue weighted by atomic mass is 79.9. The average Bonchev–Trinajstić information content (AvgIpc) is 3.37. The molecule has 0 bridgehead atoms. The number of carbonyl (C=O) groups excluding carboxylic acids is 1. The highest BCUT2D eigenvalue weighted by molar-refractivity contribution is 9.15. The number of hydrogen-bond donors (Lipinski definition) is 0. The van der Waals surface area contributed by atoms with Crippen molar-refractivity contribution < 1.29 is 9.00 Å². The summed E-state index contributed by atoms with van der Waals surface area (Å²) in [5.74, 6) is 2.52. The summed E-state index contributed by atoms with van der Waals surface area (Å²) in [6.45, 7) is 4.59. The smallest absolute Gasteiger partial charge is 0.166 e. The molecule has 0 radical (unpaired) electrons. The maximum Gasteiger partial charge on any atom is 0.166 e. The molecule has 2 fully saturated rings. The second-order valence-electron chi connectivity index (χ2n) is 10.9. The van der Waals surface area contributed by atoms with Gasteiger partial charge in [-0.25, -0.2) is 4.98 Å². The second kappa shape index (κ2) is 12.9. The molecule has 3 aliphatic carbocycles. The topological polar surface area (TPSA) is 64.3 Å². The number of fused-ring (bicyclic) bond motifs is 3. The molecule has 0 aliphatic heterocycles. The van der Waals surface area contributed by atoms with Crippen molar-refractivity contribution >= 4 is 46.7 Å². The van der Waals surface area contributed by atoms with E-state index in [1.807, 2.05) is 6.20 Å². The summed E-state index contributed by atoms with van der Waals surface area (Å²) in [6.07, 6.45) is 19.9. The maximum atomic E-state index is 11.7. The van der Waals surface area contributed by atoms with Crippen LogP contribution in [0.1, 0.15) is 103 Å². The minimum atomic E-state index is -2.01.